The molecule has 3 aromatic rings. The highest BCUT2D eigenvalue weighted by Gasteiger charge is 2.41. The number of halogens is 4. The van der Waals surface area contributed by atoms with Crippen molar-refractivity contribution in [2.45, 2.75) is 6.18 Å². The van der Waals surface area contributed by atoms with Crippen LogP contribution in [0.1, 0.15) is 16.2 Å². The molecule has 0 saturated carbocycles. The summed E-state index contributed by atoms with van der Waals surface area (Å²) in [6.45, 7) is -0.0664. The van der Waals surface area contributed by atoms with Crippen molar-refractivity contribution in [1.82, 2.24) is 20.3 Å². The lowest BCUT2D eigenvalue weighted by Gasteiger charge is -2.11. The van der Waals surface area contributed by atoms with Gasteiger partial charge in [0.05, 0.1) is 19.3 Å². The Hall–Kier alpha value is -3.63. The topological polar surface area (TPSA) is 78.3 Å². The van der Waals surface area contributed by atoms with Crippen LogP contribution in [0.25, 0.3) is 5.69 Å². The highest BCUT2D eigenvalue weighted by molar-refractivity contribution is 5.93. The zero-order valence-electron chi connectivity index (χ0n) is 15.6. The van der Waals surface area contributed by atoms with E-state index in [1.165, 1.54) is 7.11 Å². The lowest BCUT2D eigenvalue weighted by atomic mass is 10.2. The Morgan fingerprint density at radius 3 is 2.50 bits per heavy atom. The van der Waals surface area contributed by atoms with Crippen LogP contribution in [0.15, 0.2) is 48.5 Å². The predicted molar refractivity (Wildman–Crippen MR) is 97.1 cm³/mol. The molecule has 0 spiro atoms. The van der Waals surface area contributed by atoms with Crippen molar-refractivity contribution in [1.29, 1.82) is 0 Å². The summed E-state index contributed by atoms with van der Waals surface area (Å²) in [5, 5.41) is 9.10. The number of carbonyl (C=O) groups is 1. The van der Waals surface area contributed by atoms with E-state index in [4.69, 9.17) is 9.47 Å². The Kier molecular flexibility index (Phi) is 6.19. The second kappa shape index (κ2) is 8.80. The average Bonchev–Trinajstić information content (AvgIpc) is 3.18. The molecule has 2 aromatic carbocycles. The van der Waals surface area contributed by atoms with Crippen molar-refractivity contribution < 1.29 is 31.8 Å². The maximum atomic E-state index is 13.6. The van der Waals surface area contributed by atoms with Crippen LogP contribution in [0.3, 0.4) is 0 Å². The van der Waals surface area contributed by atoms with E-state index in [1.807, 2.05) is 0 Å². The fraction of sp³-hybridized carbons (Fsp3) is 0.211. The lowest BCUT2D eigenvalue weighted by molar-refractivity contribution is -0.143. The first-order valence-electron chi connectivity index (χ1n) is 8.63. The molecule has 0 fully saturated rings. The van der Waals surface area contributed by atoms with E-state index in [-0.39, 0.29) is 18.8 Å². The van der Waals surface area contributed by atoms with Gasteiger partial charge in [0.1, 0.15) is 23.9 Å². The van der Waals surface area contributed by atoms with E-state index >= 15 is 0 Å². The first-order valence-corrected chi connectivity index (χ1v) is 8.63. The van der Waals surface area contributed by atoms with Gasteiger partial charge in [0.25, 0.3) is 5.91 Å². The number of aromatic nitrogens is 3. The molecule has 0 unspecified atom stereocenters. The van der Waals surface area contributed by atoms with Gasteiger partial charge in [-0.2, -0.15) is 13.2 Å². The van der Waals surface area contributed by atoms with Crippen molar-refractivity contribution >= 4 is 5.91 Å². The van der Waals surface area contributed by atoms with E-state index in [2.05, 4.69) is 15.6 Å². The molecule has 0 bridgehead atoms. The van der Waals surface area contributed by atoms with Gasteiger partial charge in [0.2, 0.25) is 0 Å². The van der Waals surface area contributed by atoms with Gasteiger partial charge in [-0.3, -0.25) is 4.79 Å². The number of methoxy groups -OCH3 is 1. The van der Waals surface area contributed by atoms with Crippen LogP contribution in [0, 0.1) is 5.82 Å². The average molecular weight is 424 g/mol. The van der Waals surface area contributed by atoms with Gasteiger partial charge in [-0.15, -0.1) is 5.10 Å². The number of benzene rings is 2. The highest BCUT2D eigenvalue weighted by atomic mass is 19.4. The van der Waals surface area contributed by atoms with Crippen molar-refractivity contribution in [3.05, 3.63) is 65.7 Å². The zero-order valence-corrected chi connectivity index (χ0v) is 15.6. The van der Waals surface area contributed by atoms with Crippen molar-refractivity contribution in [3.8, 4) is 17.2 Å². The van der Waals surface area contributed by atoms with E-state index < -0.39 is 29.3 Å². The number of rotatable bonds is 7. The van der Waals surface area contributed by atoms with Gasteiger partial charge in [0, 0.05) is 6.07 Å². The molecule has 1 heterocycles. The molecule has 0 atom stereocenters. The minimum absolute atomic E-state index is 0.00631. The number of hydrogen-bond acceptors (Lipinski definition) is 5. The summed E-state index contributed by atoms with van der Waals surface area (Å²) < 4.78 is 64.7. The van der Waals surface area contributed by atoms with E-state index in [1.54, 1.807) is 24.3 Å². The molecule has 11 heteroatoms. The Labute approximate surface area is 168 Å². The predicted octanol–water partition coefficient (Wildman–Crippen LogP) is 3.24. The third kappa shape index (κ3) is 4.85. The molecular weight excluding hydrogens is 408 g/mol. The van der Waals surface area contributed by atoms with Crippen molar-refractivity contribution in [2.24, 2.45) is 0 Å². The number of amides is 1. The molecule has 158 valence electrons. The molecule has 0 radical (unpaired) electrons. The molecule has 1 N–H and O–H groups in total. The van der Waals surface area contributed by atoms with Gasteiger partial charge < -0.3 is 14.8 Å². The monoisotopic (exact) mass is 424 g/mol. The van der Waals surface area contributed by atoms with Gasteiger partial charge >= 0.3 is 6.18 Å². The molecule has 1 amide bonds. The Bertz CT molecular complexity index is 1020. The SMILES string of the molecule is COc1cccc(OCCNC(=O)c2nnn(-c3ccc(F)cc3)c2C(F)(F)F)c1. The number of alkyl halides is 3. The smallest absolute Gasteiger partial charge is 0.435 e. The summed E-state index contributed by atoms with van der Waals surface area (Å²) in [6.07, 6.45) is -4.92. The number of ether oxygens (including phenoxy) is 2. The molecular formula is C19H16F4N4O3. The fourth-order valence-electron chi connectivity index (χ4n) is 2.56. The largest absolute Gasteiger partial charge is 0.497 e. The maximum Gasteiger partial charge on any atom is 0.435 e. The lowest BCUT2D eigenvalue weighted by Crippen LogP contribution is -2.30. The molecule has 0 saturated heterocycles. The van der Waals surface area contributed by atoms with Crippen molar-refractivity contribution in [3.63, 3.8) is 0 Å². The summed E-state index contributed by atoms with van der Waals surface area (Å²) in [7, 11) is 1.50. The number of nitrogens with zero attached hydrogens (tertiary/aromatic N) is 3. The zero-order chi connectivity index (χ0) is 21.7. The molecule has 0 aliphatic rings. The molecule has 3 rings (SSSR count). The van der Waals surface area contributed by atoms with Crippen LogP contribution in [-0.2, 0) is 6.18 Å². The van der Waals surface area contributed by atoms with E-state index in [9.17, 15) is 22.4 Å². The minimum atomic E-state index is -4.92. The van der Waals surface area contributed by atoms with E-state index in [0.29, 0.717) is 16.2 Å². The summed E-state index contributed by atoms with van der Waals surface area (Å²) in [6, 6.07) is 10.9. The third-order valence-electron chi connectivity index (χ3n) is 3.92. The Morgan fingerprint density at radius 1 is 1.13 bits per heavy atom. The fourth-order valence-corrected chi connectivity index (χ4v) is 2.56. The van der Waals surface area contributed by atoms with Crippen molar-refractivity contribution in [2.75, 3.05) is 20.3 Å². The molecule has 7 nitrogen and oxygen atoms in total. The summed E-state index contributed by atoms with van der Waals surface area (Å²) in [4.78, 5) is 12.3. The number of nitrogens with one attached hydrogen (secondary N) is 1. The molecule has 0 aliphatic heterocycles. The van der Waals surface area contributed by atoms with E-state index in [0.717, 1.165) is 24.3 Å². The Balaban J connectivity index is 1.70. The number of hydrogen-bond donors (Lipinski definition) is 1. The van der Waals surface area contributed by atoms with Crippen LogP contribution in [0.4, 0.5) is 17.6 Å². The summed E-state index contributed by atoms with van der Waals surface area (Å²) in [5.74, 6) is -0.642. The van der Waals surface area contributed by atoms with Crippen LogP contribution >= 0.6 is 0 Å². The minimum Gasteiger partial charge on any atom is -0.497 e. The van der Waals surface area contributed by atoms with Gasteiger partial charge in [-0.25, -0.2) is 9.07 Å². The second-order valence-electron chi connectivity index (χ2n) is 5.96. The van der Waals surface area contributed by atoms with Crippen LogP contribution in [0.5, 0.6) is 11.5 Å². The maximum absolute atomic E-state index is 13.6. The standard InChI is InChI=1S/C19H16F4N4O3/c1-29-14-3-2-4-15(11-14)30-10-9-24-18(28)16-17(19(21,22)23)27(26-25-16)13-7-5-12(20)6-8-13/h2-8,11H,9-10H2,1H3,(H,24,28). The molecule has 30 heavy (non-hydrogen) atoms. The third-order valence-corrected chi connectivity index (χ3v) is 3.92. The number of carbonyl (C=O) groups excluding carboxylic acids is 1. The molecule has 1 aromatic heterocycles. The van der Waals surface area contributed by atoms with Gasteiger partial charge in [-0.1, -0.05) is 11.3 Å². The first-order chi connectivity index (χ1) is 14.3. The quantitative estimate of drug-likeness (QED) is 0.466. The van der Waals surface area contributed by atoms with Crippen LogP contribution in [-0.4, -0.2) is 41.2 Å². The second-order valence-corrected chi connectivity index (χ2v) is 5.96. The van der Waals surface area contributed by atoms with Gasteiger partial charge in [0.15, 0.2) is 11.4 Å². The highest BCUT2D eigenvalue weighted by Crippen LogP contribution is 2.32. The molecule has 0 aliphatic carbocycles. The van der Waals surface area contributed by atoms with Crippen LogP contribution in [0.2, 0.25) is 0 Å². The first kappa shape index (κ1) is 21.1. The summed E-state index contributed by atoms with van der Waals surface area (Å²) >= 11 is 0. The van der Waals surface area contributed by atoms with Gasteiger partial charge in [-0.05, 0) is 36.4 Å². The normalized spacial score (nSPS) is 11.2. The Morgan fingerprint density at radius 2 is 1.83 bits per heavy atom. The summed E-state index contributed by atoms with van der Waals surface area (Å²) in [5.41, 5.74) is -2.34. The van der Waals surface area contributed by atoms with Crippen LogP contribution < -0.4 is 14.8 Å².